The van der Waals surface area contributed by atoms with Crippen LogP contribution in [-0.4, -0.2) is 33.5 Å². The molecule has 2 nitrogen and oxygen atoms in total. The first-order valence-electron chi connectivity index (χ1n) is 5.94. The van der Waals surface area contributed by atoms with Gasteiger partial charge in [-0.1, -0.05) is 12.2 Å². The Labute approximate surface area is 212 Å². The van der Waals surface area contributed by atoms with Gasteiger partial charge >= 0.3 is 75.4 Å². The summed E-state index contributed by atoms with van der Waals surface area (Å²) in [5.74, 6) is 0. The Bertz CT molecular complexity index is 359. The summed E-state index contributed by atoms with van der Waals surface area (Å²) in [6.07, 6.45) is 4.11. The molecule has 0 atom stereocenters. The van der Waals surface area contributed by atoms with Gasteiger partial charge in [-0.15, -0.1) is 0 Å². The fourth-order valence-corrected chi connectivity index (χ4v) is 1.20. The topological polar surface area (TPSA) is 6.02 Å². The molecular formula is C16H32Li4N2S2+2. The Kier molecular flexibility index (Phi) is 61.3. The van der Waals surface area contributed by atoms with Crippen LogP contribution in [0.5, 0.6) is 0 Å². The van der Waals surface area contributed by atoms with E-state index in [1.807, 2.05) is 41.8 Å². The van der Waals surface area contributed by atoms with Crippen LogP contribution in [0.2, 0.25) is 0 Å². The smallest absolute Gasteiger partial charge is 0.434 e. The molecule has 0 aromatic heterocycles. The molecule has 0 saturated heterocycles. The van der Waals surface area contributed by atoms with Crippen molar-refractivity contribution in [3.63, 3.8) is 0 Å². The monoisotopic (exact) mass is 344 g/mol. The summed E-state index contributed by atoms with van der Waals surface area (Å²) in [6, 6.07) is 0. The van der Waals surface area contributed by atoms with Crippen LogP contribution < -0.4 is 75.4 Å². The van der Waals surface area contributed by atoms with Crippen LogP contribution in [0.25, 0.3) is 0 Å². The van der Waals surface area contributed by atoms with Crippen molar-refractivity contribution in [1.29, 1.82) is 0 Å². The molecule has 0 N–H and O–H groups in total. The van der Waals surface area contributed by atoms with E-state index >= 15 is 0 Å². The maximum Gasteiger partial charge on any atom is 1.00 e. The molecule has 0 aromatic carbocycles. The van der Waals surface area contributed by atoms with E-state index in [1.54, 1.807) is 7.96 Å². The molecule has 0 saturated carbocycles. The van der Waals surface area contributed by atoms with E-state index in [-0.39, 0.29) is 90.3 Å². The molecule has 0 radical (unpaired) electrons. The van der Waals surface area contributed by atoms with Crippen molar-refractivity contribution in [2.45, 2.75) is 41.5 Å². The van der Waals surface area contributed by atoms with E-state index in [1.165, 1.54) is 11.1 Å². The maximum absolute atomic E-state index is 4.90. The molecule has 0 heterocycles. The van der Waals surface area contributed by atoms with Crippen LogP contribution >= 0.6 is 0 Å². The van der Waals surface area contributed by atoms with Gasteiger partial charge in [0.1, 0.15) is 14.1 Å². The summed E-state index contributed by atoms with van der Waals surface area (Å²) in [5, 5.41) is 0. The minimum absolute atomic E-state index is 0. The Balaban J connectivity index is -0.0000000284. The van der Waals surface area contributed by atoms with Crippen LogP contribution in [0.3, 0.4) is 0 Å². The number of nitrogens with zero attached hydrogens (tertiary/aromatic N) is 2. The molecule has 0 rings (SSSR count). The van der Waals surface area contributed by atoms with Crippen molar-refractivity contribution in [3.8, 4) is 0 Å². The molecule has 0 aromatic rings. The van der Waals surface area contributed by atoms with Gasteiger partial charge in [0.15, 0.2) is 11.4 Å². The maximum atomic E-state index is 4.90. The molecule has 0 fully saturated rings. The normalized spacial score (nSPS) is 11.5. The largest absolute Gasteiger partial charge is 1.00 e. The average molecular weight is 344 g/mol. The van der Waals surface area contributed by atoms with Crippen LogP contribution in [0, 0.1) is 14.9 Å². The Morgan fingerprint density at radius 2 is 0.792 bits per heavy atom. The SMILES string of the molecule is C/C=C(C)\C(C)=[N+](/C)[S-].C/C=C(C)\C(C)=[N+](/C)[S-].[CH3-].[CH3-].[Li+].[Li+].[Li+].[Li+]. The van der Waals surface area contributed by atoms with Crippen molar-refractivity contribution < 1.29 is 83.4 Å². The summed E-state index contributed by atoms with van der Waals surface area (Å²) >= 11 is 9.80. The third-order valence-corrected chi connectivity index (χ3v) is 3.50. The standard InChI is InChI=1S/2C7H13NS.2CH3.4Li/c2*1-5-6(2)7(3)8(4)9;;;;;;/h2*5H,1-4H3;2*1H3;;;;/q;;2*-1;4*+1/b2*6-5-,8-7+;;;;;;. The van der Waals surface area contributed by atoms with Crippen LogP contribution in [0.4, 0.5) is 0 Å². The van der Waals surface area contributed by atoms with Crippen molar-refractivity contribution in [3.05, 3.63) is 38.2 Å². The van der Waals surface area contributed by atoms with E-state index in [9.17, 15) is 0 Å². The van der Waals surface area contributed by atoms with E-state index in [0.717, 1.165) is 11.4 Å². The second-order valence-corrected chi connectivity index (χ2v) is 5.20. The zero-order valence-electron chi connectivity index (χ0n) is 18.9. The first-order valence-corrected chi connectivity index (χ1v) is 6.67. The average Bonchev–Trinajstić information content (AvgIpc) is 2.35. The molecule has 120 valence electrons. The Morgan fingerprint density at radius 1 is 0.625 bits per heavy atom. The molecule has 0 spiro atoms. The fraction of sp³-hybridized carbons (Fsp3) is 0.500. The van der Waals surface area contributed by atoms with Crippen molar-refractivity contribution >= 4 is 37.1 Å². The van der Waals surface area contributed by atoms with Crippen LogP contribution in [0.15, 0.2) is 23.3 Å². The number of hydrogen-bond acceptors (Lipinski definition) is 2. The summed E-state index contributed by atoms with van der Waals surface area (Å²) in [4.78, 5) is 0. The van der Waals surface area contributed by atoms with E-state index in [0.29, 0.717) is 0 Å². The molecule has 0 aliphatic heterocycles. The zero-order valence-corrected chi connectivity index (χ0v) is 20.5. The fourth-order valence-electron chi connectivity index (χ4n) is 0.914. The first-order chi connectivity index (χ1) is 8.18. The van der Waals surface area contributed by atoms with Gasteiger partial charge in [-0.25, -0.2) is 0 Å². The van der Waals surface area contributed by atoms with Gasteiger partial charge in [0, 0.05) is 25.0 Å². The van der Waals surface area contributed by atoms with Gasteiger partial charge in [0.2, 0.25) is 0 Å². The van der Waals surface area contributed by atoms with E-state index < -0.39 is 0 Å². The molecule has 8 heteroatoms. The van der Waals surface area contributed by atoms with Crippen molar-refractivity contribution in [1.82, 2.24) is 0 Å². The molecule has 0 unspecified atom stereocenters. The van der Waals surface area contributed by atoms with Gasteiger partial charge in [-0.3, -0.25) is 0 Å². The number of rotatable bonds is 2. The third kappa shape index (κ3) is 25.9. The van der Waals surface area contributed by atoms with Gasteiger partial charge in [-0.2, -0.15) is 0 Å². The number of allylic oxidation sites excluding steroid dienone is 4. The van der Waals surface area contributed by atoms with Gasteiger partial charge in [0.25, 0.3) is 0 Å². The quantitative estimate of drug-likeness (QED) is 0.161. The van der Waals surface area contributed by atoms with Crippen molar-refractivity contribution in [2.24, 2.45) is 0 Å². The zero-order chi connectivity index (χ0) is 14.9. The second-order valence-electron chi connectivity index (χ2n) is 4.11. The van der Waals surface area contributed by atoms with E-state index in [4.69, 9.17) is 25.6 Å². The number of hydrogen-bond donors (Lipinski definition) is 0. The van der Waals surface area contributed by atoms with Crippen molar-refractivity contribution in [2.75, 3.05) is 14.1 Å². The van der Waals surface area contributed by atoms with Gasteiger partial charge < -0.3 is 48.4 Å². The van der Waals surface area contributed by atoms with Gasteiger partial charge in [-0.05, 0) is 27.7 Å². The molecule has 24 heavy (non-hydrogen) atoms. The summed E-state index contributed by atoms with van der Waals surface area (Å²) in [6.45, 7) is 12.2. The van der Waals surface area contributed by atoms with E-state index in [2.05, 4.69) is 26.0 Å². The van der Waals surface area contributed by atoms with Crippen LogP contribution in [0.1, 0.15) is 41.5 Å². The summed E-state index contributed by atoms with van der Waals surface area (Å²) in [7, 11) is 3.75. The third-order valence-electron chi connectivity index (χ3n) is 2.95. The molecule has 0 aliphatic carbocycles. The van der Waals surface area contributed by atoms with Crippen LogP contribution in [-0.2, 0) is 25.6 Å². The Morgan fingerprint density at radius 3 is 0.833 bits per heavy atom. The second kappa shape index (κ2) is 29.4. The first kappa shape index (κ1) is 50.0. The predicted octanol–water partition coefficient (Wildman–Crippen LogP) is -8.05. The molecule has 0 aliphatic rings. The Hall–Kier alpha value is 1.65. The van der Waals surface area contributed by atoms with Gasteiger partial charge in [0.05, 0.1) is 0 Å². The minimum Gasteiger partial charge on any atom is -0.434 e. The molecular weight excluding hydrogens is 312 g/mol. The summed E-state index contributed by atoms with van der Waals surface area (Å²) in [5.41, 5.74) is 4.78. The predicted molar refractivity (Wildman–Crippen MR) is 100 cm³/mol. The molecule has 0 bridgehead atoms. The minimum atomic E-state index is 0. The molecule has 0 amide bonds. The summed E-state index contributed by atoms with van der Waals surface area (Å²) < 4.78 is 3.41.